The first-order valence-corrected chi connectivity index (χ1v) is 6.09. The summed E-state index contributed by atoms with van der Waals surface area (Å²) >= 11 is 0. The van der Waals surface area contributed by atoms with Gasteiger partial charge in [0.25, 0.3) is 0 Å². The molecular weight excluding hydrogens is 199 g/mol. The van der Waals surface area contributed by atoms with Crippen molar-refractivity contribution in [2.45, 2.75) is 32.1 Å². The van der Waals surface area contributed by atoms with Crippen molar-refractivity contribution in [2.75, 3.05) is 0 Å². The van der Waals surface area contributed by atoms with Gasteiger partial charge in [0.1, 0.15) is 0 Å². The smallest absolute Gasteiger partial charge is 0.150 e. The predicted molar refractivity (Wildman–Crippen MR) is 68.7 cm³/mol. The zero-order valence-corrected chi connectivity index (χ0v) is 10.6. The Hall–Kier alpha value is -0.883. The van der Waals surface area contributed by atoms with Gasteiger partial charge < -0.3 is 0 Å². The van der Waals surface area contributed by atoms with E-state index in [9.17, 15) is 0 Å². The Labute approximate surface area is 117 Å². The standard InChI is InChI=1S/C16H17.Li/c1-3-9-15(10-4-1)13-7-8-14-16-11-5-2-6-12-16;/h1,3-4,7,9,13,16H,2,5-6,11-12H2;/q-1;+1/b13-7-;. The van der Waals surface area contributed by atoms with Crippen LogP contribution in [0.2, 0.25) is 0 Å². The van der Waals surface area contributed by atoms with Crippen molar-refractivity contribution in [3.63, 3.8) is 0 Å². The maximum absolute atomic E-state index is 3.34. The average molecular weight is 216 g/mol. The fourth-order valence-electron chi connectivity index (χ4n) is 2.06. The van der Waals surface area contributed by atoms with Crippen LogP contribution in [0.3, 0.4) is 0 Å². The van der Waals surface area contributed by atoms with Crippen molar-refractivity contribution in [3.05, 3.63) is 42.0 Å². The molecule has 17 heavy (non-hydrogen) atoms. The second kappa shape index (κ2) is 8.24. The van der Waals surface area contributed by atoms with Gasteiger partial charge in [-0.3, -0.25) is 0 Å². The molecule has 0 N–H and O–H groups in total. The van der Waals surface area contributed by atoms with Gasteiger partial charge in [0.15, 0.2) is 0 Å². The van der Waals surface area contributed by atoms with Crippen LogP contribution in [0.25, 0.3) is 6.08 Å². The Kier molecular flexibility index (Phi) is 6.88. The summed E-state index contributed by atoms with van der Waals surface area (Å²) in [6.07, 6.45) is 10.7. The normalized spacial score (nSPS) is 16.0. The van der Waals surface area contributed by atoms with E-state index in [-0.39, 0.29) is 18.9 Å². The molecule has 1 aliphatic rings. The summed E-state index contributed by atoms with van der Waals surface area (Å²) in [4.78, 5) is 0. The summed E-state index contributed by atoms with van der Waals surface area (Å²) in [6.45, 7) is 0. The molecule has 0 atom stereocenters. The Morgan fingerprint density at radius 3 is 2.71 bits per heavy atom. The molecular formula is C16H17Li. The molecule has 0 bridgehead atoms. The van der Waals surface area contributed by atoms with Crippen LogP contribution >= 0.6 is 0 Å². The number of hydrogen-bond donors (Lipinski definition) is 0. The summed E-state index contributed by atoms with van der Waals surface area (Å²) in [5.41, 5.74) is 1.10. The van der Waals surface area contributed by atoms with Crippen molar-refractivity contribution in [1.29, 1.82) is 0 Å². The first kappa shape index (κ1) is 14.2. The van der Waals surface area contributed by atoms with Crippen molar-refractivity contribution in [2.24, 2.45) is 5.92 Å². The molecule has 1 aromatic carbocycles. The number of benzene rings is 1. The Morgan fingerprint density at radius 1 is 1.18 bits per heavy atom. The van der Waals surface area contributed by atoms with Crippen LogP contribution in [0.15, 0.2) is 30.3 Å². The quantitative estimate of drug-likeness (QED) is 0.374. The molecule has 0 heterocycles. The number of rotatable bonds is 1. The van der Waals surface area contributed by atoms with Crippen LogP contribution in [0.4, 0.5) is 0 Å². The Balaban J connectivity index is 0.00000144. The molecule has 1 saturated carbocycles. The minimum absolute atomic E-state index is 0. The number of allylic oxidation sites excluding steroid dienone is 1. The molecule has 0 aliphatic heterocycles. The van der Waals surface area contributed by atoms with Gasteiger partial charge in [-0.15, -0.1) is 42.0 Å². The van der Waals surface area contributed by atoms with Crippen molar-refractivity contribution in [3.8, 4) is 11.8 Å². The van der Waals surface area contributed by atoms with Gasteiger partial charge in [-0.1, -0.05) is 37.2 Å². The third-order valence-corrected chi connectivity index (χ3v) is 2.97. The third kappa shape index (κ3) is 5.32. The summed E-state index contributed by atoms with van der Waals surface area (Å²) < 4.78 is 0. The molecule has 1 heteroatoms. The van der Waals surface area contributed by atoms with Crippen molar-refractivity contribution >= 4 is 6.08 Å². The first-order valence-electron chi connectivity index (χ1n) is 6.09. The van der Waals surface area contributed by atoms with Crippen LogP contribution < -0.4 is 18.9 Å². The number of hydrogen-bond acceptors (Lipinski definition) is 0. The Morgan fingerprint density at radius 2 is 2.00 bits per heavy atom. The van der Waals surface area contributed by atoms with Crippen LogP contribution in [0.1, 0.15) is 37.7 Å². The molecule has 0 unspecified atom stereocenters. The fourth-order valence-corrected chi connectivity index (χ4v) is 2.06. The van der Waals surface area contributed by atoms with Crippen LogP contribution in [-0.2, 0) is 0 Å². The molecule has 0 radical (unpaired) electrons. The minimum Gasteiger partial charge on any atom is -0.150 e. The topological polar surface area (TPSA) is 0 Å². The van der Waals surface area contributed by atoms with E-state index < -0.39 is 0 Å². The van der Waals surface area contributed by atoms with E-state index in [1.54, 1.807) is 0 Å². The maximum atomic E-state index is 3.34. The first-order chi connectivity index (χ1) is 7.95. The van der Waals surface area contributed by atoms with Crippen LogP contribution in [0.5, 0.6) is 0 Å². The Bertz CT molecular complexity index is 389. The molecule has 0 spiro atoms. The van der Waals surface area contributed by atoms with E-state index in [2.05, 4.69) is 17.9 Å². The summed E-state index contributed by atoms with van der Waals surface area (Å²) in [5, 5.41) is 0. The molecule has 0 amide bonds. The third-order valence-electron chi connectivity index (χ3n) is 2.97. The van der Waals surface area contributed by atoms with Gasteiger partial charge in [-0.25, -0.2) is 0 Å². The molecule has 0 aromatic heterocycles. The van der Waals surface area contributed by atoms with Crippen LogP contribution in [0, 0.1) is 23.8 Å². The molecule has 1 aliphatic carbocycles. The monoisotopic (exact) mass is 216 g/mol. The van der Waals surface area contributed by atoms with Gasteiger partial charge in [0.05, 0.1) is 0 Å². The largest absolute Gasteiger partial charge is 1.00 e. The van der Waals surface area contributed by atoms with E-state index in [1.165, 1.54) is 32.1 Å². The van der Waals surface area contributed by atoms with E-state index >= 15 is 0 Å². The zero-order valence-electron chi connectivity index (χ0n) is 10.6. The average Bonchev–Trinajstić information content (AvgIpc) is 2.37. The van der Waals surface area contributed by atoms with Crippen molar-refractivity contribution in [1.82, 2.24) is 0 Å². The zero-order chi connectivity index (χ0) is 11.1. The summed E-state index contributed by atoms with van der Waals surface area (Å²) in [6, 6.07) is 11.1. The summed E-state index contributed by atoms with van der Waals surface area (Å²) in [7, 11) is 0. The minimum atomic E-state index is 0. The molecule has 82 valence electrons. The van der Waals surface area contributed by atoms with Gasteiger partial charge in [-0.2, -0.15) is 0 Å². The molecule has 0 saturated heterocycles. The second-order valence-electron chi connectivity index (χ2n) is 4.27. The van der Waals surface area contributed by atoms with E-state index in [0.717, 1.165) is 5.56 Å². The van der Waals surface area contributed by atoms with E-state index in [1.807, 2.05) is 36.4 Å². The van der Waals surface area contributed by atoms with Gasteiger partial charge in [-0.05, 0) is 12.8 Å². The molecule has 0 nitrogen and oxygen atoms in total. The van der Waals surface area contributed by atoms with E-state index in [4.69, 9.17) is 0 Å². The van der Waals surface area contributed by atoms with Crippen LogP contribution in [-0.4, -0.2) is 0 Å². The van der Waals surface area contributed by atoms with Gasteiger partial charge in [0, 0.05) is 5.92 Å². The molecule has 2 rings (SSSR count). The fraction of sp³-hybridized carbons (Fsp3) is 0.375. The predicted octanol–water partition coefficient (Wildman–Crippen LogP) is 1.09. The van der Waals surface area contributed by atoms with E-state index in [0.29, 0.717) is 5.92 Å². The maximum Gasteiger partial charge on any atom is 1.00 e. The molecule has 1 aromatic rings. The summed E-state index contributed by atoms with van der Waals surface area (Å²) in [5.74, 6) is 7.13. The van der Waals surface area contributed by atoms with Gasteiger partial charge >= 0.3 is 18.9 Å². The molecule has 1 fully saturated rings. The van der Waals surface area contributed by atoms with Gasteiger partial charge in [0.2, 0.25) is 0 Å². The SMILES string of the molecule is C(#CC1CCCCC1)/C=C\c1[c-]cccc1.[Li+]. The van der Waals surface area contributed by atoms with Crippen molar-refractivity contribution < 1.29 is 18.9 Å². The second-order valence-corrected chi connectivity index (χ2v) is 4.27.